The molecule has 0 N–H and O–H groups in total. The zero-order valence-corrected chi connectivity index (χ0v) is 17.0. The van der Waals surface area contributed by atoms with E-state index in [1.807, 2.05) is 50.2 Å². The summed E-state index contributed by atoms with van der Waals surface area (Å²) in [4.78, 5) is 33.6. The third-order valence-corrected chi connectivity index (χ3v) is 5.36. The van der Waals surface area contributed by atoms with Crippen LogP contribution in [0.5, 0.6) is 0 Å². The molecule has 150 valence electrons. The van der Waals surface area contributed by atoms with Crippen LogP contribution in [-0.2, 0) is 11.2 Å². The molecule has 0 aliphatic carbocycles. The molecule has 0 unspecified atom stereocenters. The number of aromatic nitrogens is 2. The summed E-state index contributed by atoms with van der Waals surface area (Å²) in [6.45, 7) is 6.19. The van der Waals surface area contributed by atoms with Crippen molar-refractivity contribution in [2.24, 2.45) is 0 Å². The summed E-state index contributed by atoms with van der Waals surface area (Å²) >= 11 is 0. The van der Waals surface area contributed by atoms with Crippen molar-refractivity contribution >= 4 is 28.3 Å². The Morgan fingerprint density at radius 3 is 2.59 bits per heavy atom. The number of anilines is 1. The van der Waals surface area contributed by atoms with Crippen LogP contribution < -0.4 is 4.90 Å². The van der Waals surface area contributed by atoms with Crippen LogP contribution >= 0.6 is 0 Å². The molecule has 0 bridgehead atoms. The van der Waals surface area contributed by atoms with Crippen molar-refractivity contribution in [2.45, 2.75) is 39.2 Å². The lowest BCUT2D eigenvalue weighted by molar-refractivity contribution is -0.130. The normalized spacial score (nSPS) is 14.1. The van der Waals surface area contributed by atoms with Gasteiger partial charge < -0.3 is 9.42 Å². The van der Waals surface area contributed by atoms with E-state index in [9.17, 15) is 9.59 Å². The lowest BCUT2D eigenvalue weighted by atomic mass is 10.1. The molecule has 29 heavy (non-hydrogen) atoms. The van der Waals surface area contributed by atoms with E-state index in [2.05, 4.69) is 10.1 Å². The van der Waals surface area contributed by atoms with Gasteiger partial charge in [0.15, 0.2) is 5.82 Å². The SMILES string of the molecule is CC(C)c1nc(CCN(C)C(=O)[C@@H](C)N2C(=O)c3cccc4cccc2c34)no1. The van der Waals surface area contributed by atoms with E-state index in [0.717, 1.165) is 16.5 Å². The fourth-order valence-electron chi connectivity index (χ4n) is 3.73. The minimum absolute atomic E-state index is 0.129. The second-order valence-corrected chi connectivity index (χ2v) is 7.75. The molecule has 7 heteroatoms. The van der Waals surface area contributed by atoms with E-state index in [-0.39, 0.29) is 17.7 Å². The molecule has 1 aliphatic heterocycles. The Hall–Kier alpha value is -3.22. The topological polar surface area (TPSA) is 79.5 Å². The van der Waals surface area contributed by atoms with Crippen molar-refractivity contribution in [3.05, 3.63) is 53.7 Å². The summed E-state index contributed by atoms with van der Waals surface area (Å²) < 4.78 is 5.21. The molecule has 1 aromatic heterocycles. The molecule has 1 atom stereocenters. The van der Waals surface area contributed by atoms with Crippen LogP contribution in [-0.4, -0.2) is 46.5 Å². The molecular formula is C22H24N4O3. The highest BCUT2D eigenvalue weighted by Gasteiger charge is 2.36. The maximum Gasteiger partial charge on any atom is 0.259 e. The Labute approximate surface area is 169 Å². The molecule has 1 aliphatic rings. The molecule has 7 nitrogen and oxygen atoms in total. The first-order valence-corrected chi connectivity index (χ1v) is 9.81. The van der Waals surface area contributed by atoms with Gasteiger partial charge in [0, 0.05) is 36.9 Å². The number of amides is 2. The summed E-state index contributed by atoms with van der Waals surface area (Å²) in [7, 11) is 1.73. The molecule has 0 radical (unpaired) electrons. The van der Waals surface area contributed by atoms with Crippen LogP contribution in [0.2, 0.25) is 0 Å². The predicted octanol–water partition coefficient (Wildman–Crippen LogP) is 3.40. The number of rotatable bonds is 6. The van der Waals surface area contributed by atoms with E-state index < -0.39 is 6.04 Å². The Morgan fingerprint density at radius 2 is 1.90 bits per heavy atom. The van der Waals surface area contributed by atoms with Crippen molar-refractivity contribution in [2.75, 3.05) is 18.5 Å². The van der Waals surface area contributed by atoms with Gasteiger partial charge in [0.05, 0.1) is 5.69 Å². The predicted molar refractivity (Wildman–Crippen MR) is 110 cm³/mol. The van der Waals surface area contributed by atoms with E-state index in [0.29, 0.717) is 30.2 Å². The van der Waals surface area contributed by atoms with E-state index in [1.165, 1.54) is 0 Å². The van der Waals surface area contributed by atoms with Gasteiger partial charge in [0.25, 0.3) is 5.91 Å². The molecule has 2 aromatic carbocycles. The van der Waals surface area contributed by atoms with Gasteiger partial charge in [-0.1, -0.05) is 43.3 Å². The van der Waals surface area contributed by atoms with Crippen molar-refractivity contribution in [1.29, 1.82) is 0 Å². The number of carbonyl (C=O) groups excluding carboxylic acids is 2. The quantitative estimate of drug-likeness (QED) is 0.642. The number of hydrogen-bond donors (Lipinski definition) is 0. The van der Waals surface area contributed by atoms with Crippen LogP contribution in [0.1, 0.15) is 48.8 Å². The van der Waals surface area contributed by atoms with Crippen LogP contribution in [0, 0.1) is 0 Å². The Morgan fingerprint density at radius 1 is 1.17 bits per heavy atom. The van der Waals surface area contributed by atoms with Gasteiger partial charge in [0.1, 0.15) is 6.04 Å². The van der Waals surface area contributed by atoms with Crippen molar-refractivity contribution in [3.63, 3.8) is 0 Å². The maximum atomic E-state index is 13.0. The molecular weight excluding hydrogens is 368 g/mol. The van der Waals surface area contributed by atoms with E-state index in [4.69, 9.17) is 4.52 Å². The van der Waals surface area contributed by atoms with Crippen molar-refractivity contribution in [1.82, 2.24) is 15.0 Å². The molecule has 4 rings (SSSR count). The lowest BCUT2D eigenvalue weighted by Crippen LogP contribution is -2.47. The first-order valence-electron chi connectivity index (χ1n) is 9.81. The van der Waals surface area contributed by atoms with Gasteiger partial charge in [-0.3, -0.25) is 14.5 Å². The summed E-state index contributed by atoms with van der Waals surface area (Å²) in [5.74, 6) is 1.08. The van der Waals surface area contributed by atoms with Gasteiger partial charge in [-0.25, -0.2) is 0 Å². The second-order valence-electron chi connectivity index (χ2n) is 7.75. The Kier molecular flexibility index (Phi) is 4.82. The maximum absolute atomic E-state index is 13.0. The van der Waals surface area contributed by atoms with E-state index in [1.54, 1.807) is 23.8 Å². The van der Waals surface area contributed by atoms with Gasteiger partial charge in [-0.05, 0) is 24.4 Å². The van der Waals surface area contributed by atoms with Crippen LogP contribution in [0.25, 0.3) is 10.8 Å². The molecule has 2 heterocycles. The minimum atomic E-state index is -0.609. The molecule has 0 spiro atoms. The number of nitrogens with zero attached hydrogens (tertiary/aromatic N) is 4. The molecule has 0 fully saturated rings. The number of hydrogen-bond acceptors (Lipinski definition) is 5. The van der Waals surface area contributed by atoms with Crippen molar-refractivity contribution < 1.29 is 14.1 Å². The van der Waals surface area contributed by atoms with Crippen LogP contribution in [0.15, 0.2) is 40.9 Å². The molecule has 0 saturated heterocycles. The van der Waals surface area contributed by atoms with Crippen LogP contribution in [0.4, 0.5) is 5.69 Å². The highest BCUT2D eigenvalue weighted by atomic mass is 16.5. The summed E-state index contributed by atoms with van der Waals surface area (Å²) in [6, 6.07) is 10.9. The number of likely N-dealkylation sites (N-methyl/N-ethyl adjacent to an activating group) is 1. The minimum Gasteiger partial charge on any atom is -0.344 e. The largest absolute Gasteiger partial charge is 0.344 e. The highest BCUT2D eigenvalue weighted by Crippen LogP contribution is 2.38. The lowest BCUT2D eigenvalue weighted by Gasteiger charge is -2.28. The fraction of sp³-hybridized carbons (Fsp3) is 0.364. The summed E-state index contributed by atoms with van der Waals surface area (Å²) in [6.07, 6.45) is 0.495. The van der Waals surface area contributed by atoms with Gasteiger partial charge >= 0.3 is 0 Å². The first-order chi connectivity index (χ1) is 13.9. The molecule has 0 saturated carbocycles. The zero-order valence-electron chi connectivity index (χ0n) is 17.0. The first kappa shape index (κ1) is 19.1. The Bertz CT molecular complexity index is 1080. The molecule has 3 aromatic rings. The monoisotopic (exact) mass is 392 g/mol. The third kappa shape index (κ3) is 3.26. The van der Waals surface area contributed by atoms with Crippen molar-refractivity contribution in [3.8, 4) is 0 Å². The fourth-order valence-corrected chi connectivity index (χ4v) is 3.73. The van der Waals surface area contributed by atoms with Crippen LogP contribution in [0.3, 0.4) is 0 Å². The summed E-state index contributed by atoms with van der Waals surface area (Å²) in [5.41, 5.74) is 1.44. The third-order valence-electron chi connectivity index (χ3n) is 5.36. The smallest absolute Gasteiger partial charge is 0.259 e. The molecule has 2 amide bonds. The average Bonchev–Trinajstić information content (AvgIpc) is 3.30. The Balaban J connectivity index is 1.49. The van der Waals surface area contributed by atoms with Gasteiger partial charge in [-0.2, -0.15) is 4.98 Å². The average molecular weight is 392 g/mol. The standard InChI is InChI=1S/C22H24N4O3/c1-13(2)20-23-18(24-29-20)11-12-25(4)21(27)14(3)26-17-10-6-8-15-7-5-9-16(19(15)17)22(26)28/h5-10,13-14H,11-12H2,1-4H3/t14-/m1/s1. The highest BCUT2D eigenvalue weighted by molar-refractivity contribution is 6.26. The van der Waals surface area contributed by atoms with Gasteiger partial charge in [-0.15, -0.1) is 0 Å². The van der Waals surface area contributed by atoms with E-state index >= 15 is 0 Å². The van der Waals surface area contributed by atoms with Gasteiger partial charge in [0.2, 0.25) is 11.8 Å². The zero-order chi connectivity index (χ0) is 20.7. The second kappa shape index (κ2) is 7.31. The number of carbonyl (C=O) groups is 2. The summed E-state index contributed by atoms with van der Waals surface area (Å²) in [5, 5.41) is 5.88. The number of benzene rings is 2.